The molecule has 4 N–H and O–H groups in total. The first-order valence-electron chi connectivity index (χ1n) is 5.62. The number of nitrogens with one attached hydrogen (secondary N) is 1. The zero-order valence-corrected chi connectivity index (χ0v) is 9.06. The summed E-state index contributed by atoms with van der Waals surface area (Å²) in [6.45, 7) is 0. The molecule has 0 atom stereocenters. The van der Waals surface area contributed by atoms with E-state index in [1.807, 2.05) is 0 Å². The summed E-state index contributed by atoms with van der Waals surface area (Å²) < 4.78 is 0. The Morgan fingerprint density at radius 3 is 2.31 bits per heavy atom. The number of aromatic hydroxyl groups is 2. The highest BCUT2D eigenvalue weighted by Crippen LogP contribution is 2.38. The minimum Gasteiger partial charge on any atom is -0.508 e. The van der Waals surface area contributed by atoms with Crippen molar-refractivity contribution in [3.63, 3.8) is 0 Å². The maximum Gasteiger partial charge on any atom is 0.122 e. The molecule has 88 valence electrons. The standard InChI is InChI=1S/C12H17NO3/c14-10-5-6-11(12(15)7-10)8-1-3-9(13-16)4-2-8/h5-9,13-16H,1-4H2. The molecule has 4 nitrogen and oxygen atoms in total. The van der Waals surface area contributed by atoms with Crippen LogP contribution >= 0.6 is 0 Å². The van der Waals surface area contributed by atoms with Crippen molar-refractivity contribution < 1.29 is 15.4 Å². The predicted octanol–water partition coefficient (Wildman–Crippen LogP) is 2.10. The van der Waals surface area contributed by atoms with E-state index in [1.54, 1.807) is 12.1 Å². The third-order valence-electron chi connectivity index (χ3n) is 3.36. The molecule has 1 aromatic carbocycles. The molecule has 0 unspecified atom stereocenters. The van der Waals surface area contributed by atoms with Gasteiger partial charge in [-0.15, -0.1) is 0 Å². The van der Waals surface area contributed by atoms with Crippen LogP contribution in [0.25, 0.3) is 0 Å². The fourth-order valence-corrected chi connectivity index (χ4v) is 2.41. The molecule has 0 spiro atoms. The molecule has 0 bridgehead atoms. The lowest BCUT2D eigenvalue weighted by atomic mass is 9.81. The van der Waals surface area contributed by atoms with Gasteiger partial charge in [0, 0.05) is 12.1 Å². The van der Waals surface area contributed by atoms with E-state index in [4.69, 9.17) is 5.21 Å². The third kappa shape index (κ3) is 2.28. The molecule has 1 aliphatic carbocycles. The molecule has 0 radical (unpaired) electrons. The molecule has 1 aromatic rings. The topological polar surface area (TPSA) is 72.7 Å². The van der Waals surface area contributed by atoms with Gasteiger partial charge in [-0.05, 0) is 43.2 Å². The van der Waals surface area contributed by atoms with Crippen molar-refractivity contribution in [1.29, 1.82) is 0 Å². The highest BCUT2D eigenvalue weighted by Gasteiger charge is 2.23. The Labute approximate surface area is 94.5 Å². The van der Waals surface area contributed by atoms with E-state index in [9.17, 15) is 10.2 Å². The van der Waals surface area contributed by atoms with Crippen LogP contribution in [0.3, 0.4) is 0 Å². The molecule has 1 saturated carbocycles. The Morgan fingerprint density at radius 2 is 1.75 bits per heavy atom. The van der Waals surface area contributed by atoms with E-state index in [0.29, 0.717) is 5.92 Å². The molecular formula is C12H17NO3. The van der Waals surface area contributed by atoms with Gasteiger partial charge >= 0.3 is 0 Å². The van der Waals surface area contributed by atoms with Crippen LogP contribution in [0.1, 0.15) is 37.2 Å². The highest BCUT2D eigenvalue weighted by molar-refractivity contribution is 5.41. The van der Waals surface area contributed by atoms with E-state index in [0.717, 1.165) is 31.2 Å². The SMILES string of the molecule is ONC1CCC(c2ccc(O)cc2O)CC1. The monoisotopic (exact) mass is 223 g/mol. The van der Waals surface area contributed by atoms with Crippen LogP contribution in [0.15, 0.2) is 18.2 Å². The van der Waals surface area contributed by atoms with E-state index in [2.05, 4.69) is 5.48 Å². The Balaban J connectivity index is 2.08. The molecule has 4 heteroatoms. The van der Waals surface area contributed by atoms with Crippen LogP contribution in [0, 0.1) is 0 Å². The molecule has 0 heterocycles. The number of hydroxylamine groups is 1. The number of rotatable bonds is 2. The van der Waals surface area contributed by atoms with Gasteiger partial charge in [0.25, 0.3) is 0 Å². The van der Waals surface area contributed by atoms with E-state index in [-0.39, 0.29) is 17.5 Å². The molecule has 2 rings (SSSR count). The van der Waals surface area contributed by atoms with Crippen molar-refractivity contribution in [2.24, 2.45) is 0 Å². The summed E-state index contributed by atoms with van der Waals surface area (Å²) in [5.41, 5.74) is 3.19. The van der Waals surface area contributed by atoms with E-state index < -0.39 is 0 Å². The maximum atomic E-state index is 9.74. The molecule has 1 fully saturated rings. The Kier molecular flexibility index (Phi) is 3.31. The molecule has 1 aliphatic rings. The minimum absolute atomic E-state index is 0.0898. The number of hydrogen-bond donors (Lipinski definition) is 4. The average molecular weight is 223 g/mol. The summed E-state index contributed by atoms with van der Waals surface area (Å²) in [5, 5.41) is 27.8. The second kappa shape index (κ2) is 4.72. The normalized spacial score (nSPS) is 25.6. The summed E-state index contributed by atoms with van der Waals surface area (Å²) in [4.78, 5) is 0. The van der Waals surface area contributed by atoms with Crippen LogP contribution in [0.4, 0.5) is 0 Å². The van der Waals surface area contributed by atoms with Crippen LogP contribution in [0.2, 0.25) is 0 Å². The lowest BCUT2D eigenvalue weighted by Gasteiger charge is -2.28. The summed E-state index contributed by atoms with van der Waals surface area (Å²) in [5.74, 6) is 0.581. The van der Waals surface area contributed by atoms with Gasteiger partial charge in [-0.25, -0.2) is 5.48 Å². The van der Waals surface area contributed by atoms with Crippen molar-refractivity contribution in [2.45, 2.75) is 37.6 Å². The van der Waals surface area contributed by atoms with Gasteiger partial charge in [0.05, 0.1) is 0 Å². The van der Waals surface area contributed by atoms with Gasteiger partial charge in [-0.3, -0.25) is 0 Å². The van der Waals surface area contributed by atoms with Gasteiger partial charge in [-0.1, -0.05) is 6.07 Å². The van der Waals surface area contributed by atoms with Gasteiger partial charge in [0.1, 0.15) is 11.5 Å². The van der Waals surface area contributed by atoms with Crippen molar-refractivity contribution in [1.82, 2.24) is 5.48 Å². The number of benzene rings is 1. The first kappa shape index (κ1) is 11.2. The summed E-state index contributed by atoms with van der Waals surface area (Å²) in [6.07, 6.45) is 3.69. The molecular weight excluding hydrogens is 206 g/mol. The van der Waals surface area contributed by atoms with Gasteiger partial charge in [0.15, 0.2) is 0 Å². The Bertz CT molecular complexity index is 359. The molecule has 0 amide bonds. The molecule has 0 aromatic heterocycles. The summed E-state index contributed by atoms with van der Waals surface area (Å²) >= 11 is 0. The number of phenolic OH excluding ortho intramolecular Hbond substituents is 2. The lowest BCUT2D eigenvalue weighted by molar-refractivity contribution is 0.103. The van der Waals surface area contributed by atoms with Crippen LogP contribution in [-0.2, 0) is 0 Å². The highest BCUT2D eigenvalue weighted by atomic mass is 16.5. The quantitative estimate of drug-likeness (QED) is 0.579. The zero-order valence-electron chi connectivity index (χ0n) is 9.06. The average Bonchev–Trinajstić information content (AvgIpc) is 2.29. The van der Waals surface area contributed by atoms with Gasteiger partial charge in [-0.2, -0.15) is 0 Å². The molecule has 16 heavy (non-hydrogen) atoms. The first-order chi connectivity index (χ1) is 7.70. The largest absolute Gasteiger partial charge is 0.508 e. The predicted molar refractivity (Wildman–Crippen MR) is 59.7 cm³/mol. The number of phenols is 2. The van der Waals surface area contributed by atoms with Crippen LogP contribution < -0.4 is 5.48 Å². The van der Waals surface area contributed by atoms with Crippen molar-refractivity contribution >= 4 is 0 Å². The first-order valence-corrected chi connectivity index (χ1v) is 5.62. The Hall–Kier alpha value is -1.26. The molecule has 0 aliphatic heterocycles. The minimum atomic E-state index is 0.0898. The Morgan fingerprint density at radius 1 is 1.06 bits per heavy atom. The van der Waals surface area contributed by atoms with Gasteiger partial charge in [0.2, 0.25) is 0 Å². The number of hydrogen-bond acceptors (Lipinski definition) is 4. The second-order valence-corrected chi connectivity index (χ2v) is 4.42. The fourth-order valence-electron chi connectivity index (χ4n) is 2.41. The van der Waals surface area contributed by atoms with Crippen molar-refractivity contribution in [3.8, 4) is 11.5 Å². The fraction of sp³-hybridized carbons (Fsp3) is 0.500. The van der Waals surface area contributed by atoms with E-state index >= 15 is 0 Å². The summed E-state index contributed by atoms with van der Waals surface area (Å²) in [6, 6.07) is 4.94. The van der Waals surface area contributed by atoms with E-state index in [1.165, 1.54) is 6.07 Å². The smallest absolute Gasteiger partial charge is 0.122 e. The van der Waals surface area contributed by atoms with Crippen LogP contribution in [-0.4, -0.2) is 21.5 Å². The maximum absolute atomic E-state index is 9.74. The molecule has 0 saturated heterocycles. The van der Waals surface area contributed by atoms with Gasteiger partial charge < -0.3 is 15.4 Å². The second-order valence-electron chi connectivity index (χ2n) is 4.42. The van der Waals surface area contributed by atoms with Crippen LogP contribution in [0.5, 0.6) is 11.5 Å². The summed E-state index contributed by atoms with van der Waals surface area (Å²) in [7, 11) is 0. The van der Waals surface area contributed by atoms with Crippen molar-refractivity contribution in [3.05, 3.63) is 23.8 Å². The lowest BCUT2D eigenvalue weighted by Crippen LogP contribution is -2.30. The zero-order chi connectivity index (χ0) is 11.5. The van der Waals surface area contributed by atoms with Crippen molar-refractivity contribution in [2.75, 3.05) is 0 Å². The third-order valence-corrected chi connectivity index (χ3v) is 3.36.